The van der Waals surface area contributed by atoms with Crippen LogP contribution in [0.1, 0.15) is 58.3 Å². The van der Waals surface area contributed by atoms with Crippen LogP contribution >= 0.6 is 0 Å². The summed E-state index contributed by atoms with van der Waals surface area (Å²) in [4.78, 5) is 12.3. The molecule has 0 radical (unpaired) electrons. The Bertz CT molecular complexity index is 653. The molecule has 2 N–H and O–H groups in total. The first kappa shape index (κ1) is 17.3. The van der Waals surface area contributed by atoms with E-state index >= 15 is 0 Å². The maximum atomic E-state index is 12.3. The molecular formula is C18H24N2O3. The van der Waals surface area contributed by atoms with E-state index in [4.69, 9.17) is 10.00 Å². The van der Waals surface area contributed by atoms with Gasteiger partial charge in [0.05, 0.1) is 17.7 Å². The van der Waals surface area contributed by atoms with Crippen LogP contribution in [0.4, 0.5) is 0 Å². The van der Waals surface area contributed by atoms with E-state index in [1.54, 1.807) is 18.2 Å². The van der Waals surface area contributed by atoms with Gasteiger partial charge in [0.15, 0.2) is 0 Å². The van der Waals surface area contributed by atoms with Gasteiger partial charge in [-0.3, -0.25) is 4.79 Å². The monoisotopic (exact) mass is 316 g/mol. The SMILES string of the molecule is CC(C)(C)CC(=O)N[C@H]1[C@H](O)c2cc(C#N)ccc2OC1(C)C. The fourth-order valence-corrected chi connectivity index (χ4v) is 2.81. The molecule has 0 aromatic heterocycles. The van der Waals surface area contributed by atoms with E-state index in [1.165, 1.54) is 0 Å². The van der Waals surface area contributed by atoms with Crippen LogP contribution in [0.2, 0.25) is 0 Å². The number of aliphatic hydroxyl groups is 1. The van der Waals surface area contributed by atoms with Crippen LogP contribution in [-0.2, 0) is 4.79 Å². The largest absolute Gasteiger partial charge is 0.485 e. The maximum Gasteiger partial charge on any atom is 0.220 e. The standard InChI is InChI=1S/C18H24N2O3/c1-17(2,3)9-14(21)20-16-15(22)12-8-11(10-19)6-7-13(12)23-18(16,4)5/h6-8,15-16,22H,9H2,1-5H3,(H,20,21)/t15-,16+/m1/s1. The number of fused-ring (bicyclic) bond motifs is 1. The minimum atomic E-state index is -0.925. The summed E-state index contributed by atoms with van der Waals surface area (Å²) in [5.74, 6) is 0.418. The van der Waals surface area contributed by atoms with Gasteiger partial charge in [0.2, 0.25) is 5.91 Å². The maximum absolute atomic E-state index is 12.3. The Balaban J connectivity index is 2.29. The lowest BCUT2D eigenvalue weighted by molar-refractivity contribution is -0.128. The molecule has 124 valence electrons. The minimum absolute atomic E-state index is 0.127. The van der Waals surface area contributed by atoms with Crippen LogP contribution in [0, 0.1) is 16.7 Å². The lowest BCUT2D eigenvalue weighted by atomic mass is 9.84. The Morgan fingerprint density at radius 2 is 2.09 bits per heavy atom. The van der Waals surface area contributed by atoms with E-state index in [1.807, 2.05) is 34.6 Å². The van der Waals surface area contributed by atoms with E-state index in [0.717, 1.165) is 0 Å². The zero-order valence-electron chi connectivity index (χ0n) is 14.3. The molecule has 1 aromatic carbocycles. The summed E-state index contributed by atoms with van der Waals surface area (Å²) in [5.41, 5.74) is 0.0876. The number of carbonyl (C=O) groups excluding carboxylic acids is 1. The van der Waals surface area contributed by atoms with E-state index in [-0.39, 0.29) is 11.3 Å². The van der Waals surface area contributed by atoms with Crippen LogP contribution in [0.15, 0.2) is 18.2 Å². The molecule has 1 heterocycles. The predicted octanol–water partition coefficient (Wildman–Crippen LogP) is 2.68. The Hall–Kier alpha value is -2.06. The van der Waals surface area contributed by atoms with Crippen molar-refractivity contribution in [3.8, 4) is 11.8 Å². The van der Waals surface area contributed by atoms with E-state index in [0.29, 0.717) is 23.3 Å². The molecule has 2 atom stereocenters. The molecule has 23 heavy (non-hydrogen) atoms. The van der Waals surface area contributed by atoms with Crippen LogP contribution in [-0.4, -0.2) is 22.7 Å². The highest BCUT2D eigenvalue weighted by molar-refractivity contribution is 5.77. The molecule has 0 saturated heterocycles. The summed E-state index contributed by atoms with van der Waals surface area (Å²) in [6.07, 6.45) is -0.567. The van der Waals surface area contributed by atoms with Gasteiger partial charge in [-0.05, 0) is 37.5 Å². The molecule has 0 fully saturated rings. The van der Waals surface area contributed by atoms with Crippen LogP contribution in [0.3, 0.4) is 0 Å². The molecule has 0 unspecified atom stereocenters. The number of ether oxygens (including phenoxy) is 1. The Morgan fingerprint density at radius 1 is 1.43 bits per heavy atom. The van der Waals surface area contributed by atoms with Crippen molar-refractivity contribution >= 4 is 5.91 Å². The minimum Gasteiger partial charge on any atom is -0.485 e. The highest BCUT2D eigenvalue weighted by Crippen LogP contribution is 2.40. The quantitative estimate of drug-likeness (QED) is 0.879. The van der Waals surface area contributed by atoms with Crippen molar-refractivity contribution in [2.24, 2.45) is 5.41 Å². The van der Waals surface area contributed by atoms with Crippen LogP contribution < -0.4 is 10.1 Å². The average molecular weight is 316 g/mol. The molecule has 5 nitrogen and oxygen atoms in total. The third kappa shape index (κ3) is 3.83. The Morgan fingerprint density at radius 3 is 2.65 bits per heavy atom. The fourth-order valence-electron chi connectivity index (χ4n) is 2.81. The number of aliphatic hydroxyl groups excluding tert-OH is 1. The van der Waals surface area contributed by atoms with Crippen molar-refractivity contribution in [2.45, 2.75) is 58.8 Å². The number of amides is 1. The third-order valence-electron chi connectivity index (χ3n) is 3.90. The second-order valence-electron chi connectivity index (χ2n) is 7.80. The molecule has 0 saturated carbocycles. The first-order chi connectivity index (χ1) is 10.5. The van der Waals surface area contributed by atoms with Gasteiger partial charge in [0.25, 0.3) is 0 Å². The van der Waals surface area contributed by atoms with E-state index < -0.39 is 17.7 Å². The first-order valence-corrected chi connectivity index (χ1v) is 7.74. The molecule has 0 aliphatic carbocycles. The van der Waals surface area contributed by atoms with Crippen LogP contribution in [0.25, 0.3) is 0 Å². The van der Waals surface area contributed by atoms with Gasteiger partial charge >= 0.3 is 0 Å². The zero-order chi connectivity index (χ0) is 17.4. The summed E-state index contributed by atoms with van der Waals surface area (Å²) in [7, 11) is 0. The van der Waals surface area contributed by atoms with Crippen molar-refractivity contribution < 1.29 is 14.6 Å². The highest BCUT2D eigenvalue weighted by atomic mass is 16.5. The third-order valence-corrected chi connectivity index (χ3v) is 3.90. The number of hydrogen-bond acceptors (Lipinski definition) is 4. The normalized spacial score (nSPS) is 22.5. The van der Waals surface area contributed by atoms with E-state index in [2.05, 4.69) is 11.4 Å². The van der Waals surface area contributed by atoms with Gasteiger partial charge < -0.3 is 15.2 Å². The van der Waals surface area contributed by atoms with Gasteiger partial charge in [-0.25, -0.2) is 0 Å². The van der Waals surface area contributed by atoms with Crippen molar-refractivity contribution in [1.82, 2.24) is 5.32 Å². The second-order valence-corrected chi connectivity index (χ2v) is 7.80. The van der Waals surface area contributed by atoms with Crippen molar-refractivity contribution in [3.05, 3.63) is 29.3 Å². The van der Waals surface area contributed by atoms with Crippen molar-refractivity contribution in [2.75, 3.05) is 0 Å². The summed E-state index contributed by atoms with van der Waals surface area (Å²) in [6, 6.07) is 6.42. The second kappa shape index (κ2) is 5.86. The molecule has 5 heteroatoms. The topological polar surface area (TPSA) is 82.4 Å². The lowest BCUT2D eigenvalue weighted by Crippen LogP contribution is -2.58. The number of nitrogens with one attached hydrogen (secondary N) is 1. The summed E-state index contributed by atoms with van der Waals surface area (Å²) < 4.78 is 5.95. The smallest absolute Gasteiger partial charge is 0.220 e. The predicted molar refractivity (Wildman–Crippen MR) is 86.8 cm³/mol. The Labute approximate surface area is 137 Å². The number of nitriles is 1. The number of hydrogen-bond donors (Lipinski definition) is 2. The first-order valence-electron chi connectivity index (χ1n) is 7.74. The average Bonchev–Trinajstić information content (AvgIpc) is 2.41. The van der Waals surface area contributed by atoms with Crippen molar-refractivity contribution in [1.29, 1.82) is 5.26 Å². The fraction of sp³-hybridized carbons (Fsp3) is 0.556. The van der Waals surface area contributed by atoms with E-state index in [9.17, 15) is 9.90 Å². The van der Waals surface area contributed by atoms with Crippen molar-refractivity contribution in [3.63, 3.8) is 0 Å². The van der Waals surface area contributed by atoms with Crippen LogP contribution in [0.5, 0.6) is 5.75 Å². The molecule has 0 bridgehead atoms. The number of carbonyl (C=O) groups is 1. The highest BCUT2D eigenvalue weighted by Gasteiger charge is 2.44. The molecule has 0 spiro atoms. The summed E-state index contributed by atoms with van der Waals surface area (Å²) >= 11 is 0. The lowest BCUT2D eigenvalue weighted by Gasteiger charge is -2.43. The summed E-state index contributed by atoms with van der Waals surface area (Å²) in [5, 5.41) is 22.6. The molecule has 1 aromatic rings. The molecule has 1 aliphatic rings. The Kier molecular flexibility index (Phi) is 4.41. The van der Waals surface area contributed by atoms with Gasteiger partial charge in [-0.15, -0.1) is 0 Å². The number of nitrogens with zero attached hydrogens (tertiary/aromatic N) is 1. The molecule has 2 rings (SSSR count). The van der Waals surface area contributed by atoms with Gasteiger partial charge in [0.1, 0.15) is 17.5 Å². The van der Waals surface area contributed by atoms with Gasteiger partial charge in [-0.1, -0.05) is 20.8 Å². The van der Waals surface area contributed by atoms with Gasteiger partial charge in [0, 0.05) is 12.0 Å². The molecule has 1 amide bonds. The molecular weight excluding hydrogens is 292 g/mol. The summed E-state index contributed by atoms with van der Waals surface area (Å²) in [6.45, 7) is 9.62. The van der Waals surface area contributed by atoms with Gasteiger partial charge in [-0.2, -0.15) is 5.26 Å². The molecule has 1 aliphatic heterocycles. The zero-order valence-corrected chi connectivity index (χ0v) is 14.3. The number of benzene rings is 1. The number of rotatable bonds is 2.